The highest BCUT2D eigenvalue weighted by atomic mass is 79.9. The van der Waals surface area contributed by atoms with Crippen molar-refractivity contribution in [1.82, 2.24) is 10.4 Å². The number of rotatable bonds is 1. The van der Waals surface area contributed by atoms with Gasteiger partial charge in [0.15, 0.2) is 0 Å². The third-order valence-corrected chi connectivity index (χ3v) is 2.86. The molecule has 0 radical (unpaired) electrons. The Morgan fingerprint density at radius 2 is 2.29 bits per heavy atom. The zero-order valence-corrected chi connectivity index (χ0v) is 10.0. The van der Waals surface area contributed by atoms with E-state index in [1.807, 2.05) is 18.3 Å². The minimum Gasteiger partial charge on any atom is -0.292 e. The highest BCUT2D eigenvalue weighted by Gasteiger charge is 2.28. The zero-order chi connectivity index (χ0) is 10.2. The molecule has 14 heavy (non-hydrogen) atoms. The van der Waals surface area contributed by atoms with Crippen molar-refractivity contribution in [2.75, 3.05) is 11.6 Å². The summed E-state index contributed by atoms with van der Waals surface area (Å²) in [5, 5.41) is 2.10. The largest absolute Gasteiger partial charge is 0.292 e. The first-order chi connectivity index (χ1) is 6.57. The molecule has 1 saturated heterocycles. The van der Waals surface area contributed by atoms with E-state index in [-0.39, 0.29) is 5.54 Å². The van der Waals surface area contributed by atoms with Crippen LogP contribution in [0, 0.1) is 0 Å². The van der Waals surface area contributed by atoms with Gasteiger partial charge in [0.05, 0.1) is 0 Å². The molecule has 0 spiro atoms. The van der Waals surface area contributed by atoms with Gasteiger partial charge in [-0.2, -0.15) is 0 Å². The van der Waals surface area contributed by atoms with E-state index in [0.29, 0.717) is 0 Å². The fourth-order valence-corrected chi connectivity index (χ4v) is 1.80. The molecule has 76 valence electrons. The highest BCUT2D eigenvalue weighted by molar-refractivity contribution is 9.10. The molecule has 3 nitrogen and oxygen atoms in total. The van der Waals surface area contributed by atoms with Gasteiger partial charge in [-0.1, -0.05) is 0 Å². The molecule has 0 amide bonds. The van der Waals surface area contributed by atoms with Crippen LogP contribution < -0.4 is 10.4 Å². The fourth-order valence-electron chi connectivity index (χ4n) is 1.57. The summed E-state index contributed by atoms with van der Waals surface area (Å²) >= 11 is 3.38. The summed E-state index contributed by atoms with van der Waals surface area (Å²) in [4.78, 5) is 4.34. The Labute approximate surface area is 92.6 Å². The molecule has 0 bridgehead atoms. The number of hydrogen-bond donors (Lipinski definition) is 1. The molecule has 0 unspecified atom stereocenters. The van der Waals surface area contributed by atoms with Crippen LogP contribution in [0.25, 0.3) is 0 Å². The van der Waals surface area contributed by atoms with Gasteiger partial charge in [0.1, 0.15) is 5.82 Å². The Bertz CT molecular complexity index is 321. The second kappa shape index (κ2) is 3.51. The van der Waals surface area contributed by atoms with Crippen molar-refractivity contribution in [3.8, 4) is 0 Å². The van der Waals surface area contributed by atoms with Crippen LogP contribution >= 0.6 is 15.9 Å². The summed E-state index contributed by atoms with van der Waals surface area (Å²) < 4.78 is 1.01. The Balaban J connectivity index is 2.14. The molecule has 1 aromatic rings. The maximum absolute atomic E-state index is 4.34. The van der Waals surface area contributed by atoms with Gasteiger partial charge in [-0.05, 0) is 48.3 Å². The van der Waals surface area contributed by atoms with E-state index in [4.69, 9.17) is 0 Å². The quantitative estimate of drug-likeness (QED) is 0.835. The lowest BCUT2D eigenvalue weighted by Gasteiger charge is -2.22. The first-order valence-corrected chi connectivity index (χ1v) is 5.53. The molecule has 1 aliphatic rings. The van der Waals surface area contributed by atoms with Crippen LogP contribution in [-0.4, -0.2) is 17.1 Å². The van der Waals surface area contributed by atoms with Gasteiger partial charge in [0.25, 0.3) is 0 Å². The number of nitrogens with zero attached hydrogens (tertiary/aromatic N) is 2. The van der Waals surface area contributed by atoms with Crippen molar-refractivity contribution < 1.29 is 0 Å². The molecule has 0 saturated carbocycles. The average molecular weight is 256 g/mol. The smallest absolute Gasteiger partial charge is 0.142 e. The first-order valence-electron chi connectivity index (χ1n) is 4.74. The molecule has 1 aliphatic heterocycles. The summed E-state index contributed by atoms with van der Waals surface area (Å²) in [5.41, 5.74) is 3.61. The van der Waals surface area contributed by atoms with Crippen molar-refractivity contribution in [2.24, 2.45) is 0 Å². The maximum Gasteiger partial charge on any atom is 0.142 e. The third kappa shape index (κ3) is 2.07. The van der Waals surface area contributed by atoms with Gasteiger partial charge in [0.2, 0.25) is 0 Å². The first kappa shape index (κ1) is 9.93. The van der Waals surface area contributed by atoms with Crippen molar-refractivity contribution in [1.29, 1.82) is 0 Å². The Kier molecular flexibility index (Phi) is 2.49. The second-order valence-electron chi connectivity index (χ2n) is 4.23. The molecular weight excluding hydrogens is 242 g/mol. The van der Waals surface area contributed by atoms with Crippen LogP contribution in [0.4, 0.5) is 5.82 Å². The lowest BCUT2D eigenvalue weighted by atomic mass is 10.0. The Morgan fingerprint density at radius 3 is 2.79 bits per heavy atom. The molecule has 2 rings (SSSR count). The van der Waals surface area contributed by atoms with E-state index in [1.54, 1.807) is 0 Å². The number of nitrogens with one attached hydrogen (secondary N) is 1. The van der Waals surface area contributed by atoms with Gasteiger partial charge in [-0.15, -0.1) is 0 Å². The molecule has 1 fully saturated rings. The van der Waals surface area contributed by atoms with E-state index < -0.39 is 0 Å². The highest BCUT2D eigenvalue weighted by Crippen LogP contribution is 2.22. The minimum absolute atomic E-state index is 0.189. The van der Waals surface area contributed by atoms with E-state index in [0.717, 1.165) is 23.3 Å². The third-order valence-electron chi connectivity index (χ3n) is 2.39. The summed E-state index contributed by atoms with van der Waals surface area (Å²) in [5.74, 6) is 0.985. The van der Waals surface area contributed by atoms with Gasteiger partial charge in [-0.3, -0.25) is 5.01 Å². The molecular formula is C10H14BrN3. The van der Waals surface area contributed by atoms with Gasteiger partial charge in [0, 0.05) is 22.8 Å². The van der Waals surface area contributed by atoms with Crippen molar-refractivity contribution in [2.45, 2.75) is 25.8 Å². The number of halogens is 1. The van der Waals surface area contributed by atoms with Crippen LogP contribution in [0.5, 0.6) is 0 Å². The number of pyridine rings is 1. The zero-order valence-electron chi connectivity index (χ0n) is 8.42. The van der Waals surface area contributed by atoms with Crippen LogP contribution in [0.1, 0.15) is 20.3 Å². The normalized spacial score (nSPS) is 20.1. The lowest BCUT2D eigenvalue weighted by molar-refractivity contribution is 0.451. The maximum atomic E-state index is 4.34. The van der Waals surface area contributed by atoms with Crippen molar-refractivity contribution in [3.63, 3.8) is 0 Å². The standard InChI is InChI=1S/C10H14BrN3/c1-10(2)5-6-14(13-10)9-4-3-8(11)7-12-9/h3-4,7,13H,5-6H2,1-2H3. The number of hydrogen-bond acceptors (Lipinski definition) is 3. The molecule has 1 N–H and O–H groups in total. The van der Waals surface area contributed by atoms with Gasteiger partial charge in [-0.25, -0.2) is 10.4 Å². The predicted molar refractivity (Wildman–Crippen MR) is 61.1 cm³/mol. The average Bonchev–Trinajstić information content (AvgIpc) is 2.47. The van der Waals surface area contributed by atoms with E-state index >= 15 is 0 Å². The summed E-state index contributed by atoms with van der Waals surface area (Å²) in [6.07, 6.45) is 2.97. The minimum atomic E-state index is 0.189. The lowest BCUT2D eigenvalue weighted by Crippen LogP contribution is -2.41. The van der Waals surface area contributed by atoms with Crippen LogP contribution in [-0.2, 0) is 0 Å². The summed E-state index contributed by atoms with van der Waals surface area (Å²) in [6.45, 7) is 5.42. The van der Waals surface area contributed by atoms with E-state index in [2.05, 4.69) is 45.2 Å². The topological polar surface area (TPSA) is 28.2 Å². The monoisotopic (exact) mass is 255 g/mol. The molecule has 4 heteroatoms. The molecule has 2 heterocycles. The molecule has 0 aromatic carbocycles. The molecule has 0 atom stereocenters. The summed E-state index contributed by atoms with van der Waals surface area (Å²) in [6, 6.07) is 4.02. The van der Waals surface area contributed by atoms with Crippen LogP contribution in [0.15, 0.2) is 22.8 Å². The van der Waals surface area contributed by atoms with Gasteiger partial charge < -0.3 is 0 Å². The van der Waals surface area contributed by atoms with Gasteiger partial charge >= 0.3 is 0 Å². The predicted octanol–water partition coefficient (Wildman–Crippen LogP) is 2.34. The number of anilines is 1. The SMILES string of the molecule is CC1(C)CCN(c2ccc(Br)cn2)N1. The van der Waals surface area contributed by atoms with Crippen LogP contribution in [0.3, 0.4) is 0 Å². The molecule has 0 aliphatic carbocycles. The number of hydrazine groups is 1. The summed E-state index contributed by atoms with van der Waals surface area (Å²) in [7, 11) is 0. The second-order valence-corrected chi connectivity index (χ2v) is 5.15. The van der Waals surface area contributed by atoms with Crippen LogP contribution in [0.2, 0.25) is 0 Å². The Morgan fingerprint density at radius 1 is 1.50 bits per heavy atom. The van der Waals surface area contributed by atoms with E-state index in [9.17, 15) is 0 Å². The Hall–Kier alpha value is -0.610. The fraction of sp³-hybridized carbons (Fsp3) is 0.500. The number of aromatic nitrogens is 1. The van der Waals surface area contributed by atoms with E-state index in [1.165, 1.54) is 0 Å². The van der Waals surface area contributed by atoms with Crippen molar-refractivity contribution in [3.05, 3.63) is 22.8 Å². The van der Waals surface area contributed by atoms with Crippen molar-refractivity contribution >= 4 is 21.7 Å². The molecule has 1 aromatic heterocycles.